The molecule has 0 aliphatic heterocycles. The molecule has 4 atom stereocenters. The van der Waals surface area contributed by atoms with Gasteiger partial charge >= 0.3 is 17.9 Å². The van der Waals surface area contributed by atoms with Gasteiger partial charge in [-0.15, -0.1) is 0 Å². The molecular weight excluding hydrogens is 438 g/mol. The first-order valence-electron chi connectivity index (χ1n) is 9.00. The number of amides is 4. The third kappa shape index (κ3) is 10.8. The van der Waals surface area contributed by atoms with E-state index >= 15 is 0 Å². The molecule has 0 saturated carbocycles. The Labute approximate surface area is 180 Å². The molecule has 16 heteroatoms. The van der Waals surface area contributed by atoms with Crippen LogP contribution in [0.15, 0.2) is 0 Å². The molecule has 0 aromatic carbocycles. The van der Waals surface area contributed by atoms with E-state index in [1.165, 1.54) is 0 Å². The van der Waals surface area contributed by atoms with Crippen LogP contribution in [0.4, 0.5) is 0 Å². The van der Waals surface area contributed by atoms with Gasteiger partial charge in [0.15, 0.2) is 0 Å². The molecule has 0 spiro atoms. The first-order chi connectivity index (χ1) is 14.8. The normalized spacial score (nSPS) is 14.2. The van der Waals surface area contributed by atoms with Gasteiger partial charge in [-0.1, -0.05) is 0 Å². The van der Waals surface area contributed by atoms with Crippen molar-refractivity contribution in [3.63, 3.8) is 0 Å². The van der Waals surface area contributed by atoms with Crippen LogP contribution in [0.3, 0.4) is 0 Å². The molecule has 0 fully saturated rings. The lowest BCUT2D eigenvalue weighted by molar-refractivity contribution is -0.144. The monoisotopic (exact) mass is 463 g/mol. The lowest BCUT2D eigenvalue weighted by atomic mass is 10.1. The van der Waals surface area contributed by atoms with Crippen LogP contribution in [-0.4, -0.2) is 92.7 Å². The topological polar surface area (TPSA) is 289 Å². The van der Waals surface area contributed by atoms with E-state index in [1.54, 1.807) is 0 Å². The number of rotatable bonds is 15. The molecule has 0 aliphatic rings. The second-order valence-electron chi connectivity index (χ2n) is 6.51. The van der Waals surface area contributed by atoms with E-state index in [2.05, 4.69) is 5.32 Å². The number of aliphatic hydroxyl groups excluding tert-OH is 1. The van der Waals surface area contributed by atoms with Gasteiger partial charge in [0.2, 0.25) is 23.6 Å². The van der Waals surface area contributed by atoms with Crippen LogP contribution in [0.25, 0.3) is 0 Å². The van der Waals surface area contributed by atoms with Crippen molar-refractivity contribution in [1.29, 1.82) is 0 Å². The van der Waals surface area contributed by atoms with Crippen molar-refractivity contribution in [2.24, 2.45) is 11.5 Å². The zero-order chi connectivity index (χ0) is 25.0. The van der Waals surface area contributed by atoms with E-state index in [-0.39, 0.29) is 0 Å². The molecule has 0 aromatic rings. The average molecular weight is 463 g/mol. The summed E-state index contributed by atoms with van der Waals surface area (Å²) in [5, 5.41) is 41.8. The Balaban J connectivity index is 5.33. The summed E-state index contributed by atoms with van der Waals surface area (Å²) in [7, 11) is 0. The van der Waals surface area contributed by atoms with Crippen LogP contribution in [0, 0.1) is 0 Å². The molecule has 11 N–H and O–H groups in total. The number of aliphatic hydroxyl groups is 1. The summed E-state index contributed by atoms with van der Waals surface area (Å²) in [4.78, 5) is 80.1. The number of carbonyl (C=O) groups excluding carboxylic acids is 4. The Bertz CT molecular complexity index is 757. The Kier molecular flexibility index (Phi) is 11.9. The molecule has 0 radical (unpaired) electrons. The Morgan fingerprint density at radius 3 is 1.66 bits per heavy atom. The number of aliphatic carboxylic acids is 3. The summed E-state index contributed by atoms with van der Waals surface area (Å²) >= 11 is 0. The highest BCUT2D eigenvalue weighted by Crippen LogP contribution is 2.02. The van der Waals surface area contributed by atoms with Crippen LogP contribution >= 0.6 is 0 Å². The highest BCUT2D eigenvalue weighted by atomic mass is 16.4. The molecular formula is C16H25N5O11. The second-order valence-corrected chi connectivity index (χ2v) is 6.51. The number of nitrogens with two attached hydrogens (primary N) is 2. The highest BCUT2D eigenvalue weighted by molar-refractivity contribution is 5.95. The van der Waals surface area contributed by atoms with Crippen molar-refractivity contribution < 1.29 is 54.0 Å². The van der Waals surface area contributed by atoms with Gasteiger partial charge in [0.1, 0.15) is 18.1 Å². The third-order valence-corrected chi connectivity index (χ3v) is 3.85. The first kappa shape index (κ1) is 28.2. The number of primary amides is 1. The maximum absolute atomic E-state index is 12.4. The van der Waals surface area contributed by atoms with E-state index in [1.807, 2.05) is 10.6 Å². The van der Waals surface area contributed by atoms with Gasteiger partial charge in [-0.25, -0.2) is 4.79 Å². The molecule has 0 aliphatic carbocycles. The number of carboxylic acid groups (broad SMARTS) is 3. The number of nitrogens with one attached hydrogen (secondary N) is 3. The summed E-state index contributed by atoms with van der Waals surface area (Å²) in [6.07, 6.45) is -2.64. The van der Waals surface area contributed by atoms with Gasteiger partial charge in [0.05, 0.1) is 25.5 Å². The van der Waals surface area contributed by atoms with Gasteiger partial charge in [-0.3, -0.25) is 28.8 Å². The zero-order valence-corrected chi connectivity index (χ0v) is 16.6. The number of carboxylic acids is 3. The van der Waals surface area contributed by atoms with Crippen LogP contribution < -0.4 is 27.4 Å². The van der Waals surface area contributed by atoms with Crippen LogP contribution in [-0.2, 0) is 33.6 Å². The fourth-order valence-electron chi connectivity index (χ4n) is 2.24. The molecule has 4 unspecified atom stereocenters. The smallest absolute Gasteiger partial charge is 0.326 e. The minimum Gasteiger partial charge on any atom is -0.481 e. The summed E-state index contributed by atoms with van der Waals surface area (Å²) in [5.41, 5.74) is 10.3. The second kappa shape index (κ2) is 13.5. The van der Waals surface area contributed by atoms with E-state index in [4.69, 9.17) is 26.8 Å². The quantitative estimate of drug-likeness (QED) is 0.110. The molecule has 0 aromatic heterocycles. The summed E-state index contributed by atoms with van der Waals surface area (Å²) in [6.45, 7) is -1.03. The molecule has 4 amide bonds. The van der Waals surface area contributed by atoms with E-state index in [9.17, 15) is 38.7 Å². The lowest BCUT2D eigenvalue weighted by Crippen LogP contribution is -2.58. The lowest BCUT2D eigenvalue weighted by Gasteiger charge is -2.23. The SMILES string of the molecule is NC(=O)CC(NC(=O)C(CO)NC(=O)C(CCC(=O)O)NC(=O)C(N)CC(=O)O)C(=O)O. The predicted octanol–water partition coefficient (Wildman–Crippen LogP) is -4.94. The van der Waals surface area contributed by atoms with Crippen LogP contribution in [0.5, 0.6) is 0 Å². The van der Waals surface area contributed by atoms with Gasteiger partial charge in [0, 0.05) is 6.42 Å². The Morgan fingerprint density at radius 2 is 1.22 bits per heavy atom. The van der Waals surface area contributed by atoms with Gasteiger partial charge < -0.3 is 47.8 Å². The van der Waals surface area contributed by atoms with Crippen LogP contribution in [0.2, 0.25) is 0 Å². The maximum atomic E-state index is 12.4. The molecule has 0 bridgehead atoms. The Morgan fingerprint density at radius 1 is 0.719 bits per heavy atom. The summed E-state index contributed by atoms with van der Waals surface area (Å²) < 4.78 is 0. The fraction of sp³-hybridized carbons (Fsp3) is 0.562. The molecule has 32 heavy (non-hydrogen) atoms. The molecule has 0 rings (SSSR count). The van der Waals surface area contributed by atoms with Crippen molar-refractivity contribution in [2.45, 2.75) is 49.9 Å². The first-order valence-corrected chi connectivity index (χ1v) is 9.00. The Hall–Kier alpha value is -3.79. The van der Waals surface area contributed by atoms with Crippen molar-refractivity contribution in [2.75, 3.05) is 6.61 Å². The highest BCUT2D eigenvalue weighted by Gasteiger charge is 2.31. The predicted molar refractivity (Wildman–Crippen MR) is 101 cm³/mol. The molecule has 180 valence electrons. The van der Waals surface area contributed by atoms with Gasteiger partial charge in [0.25, 0.3) is 0 Å². The maximum Gasteiger partial charge on any atom is 0.326 e. The molecule has 16 nitrogen and oxygen atoms in total. The van der Waals surface area contributed by atoms with Crippen molar-refractivity contribution in [3.05, 3.63) is 0 Å². The van der Waals surface area contributed by atoms with E-state index in [0.717, 1.165) is 0 Å². The fourth-order valence-corrected chi connectivity index (χ4v) is 2.24. The average Bonchev–Trinajstić information content (AvgIpc) is 2.66. The minimum absolute atomic E-state index is 0.480. The van der Waals surface area contributed by atoms with Crippen molar-refractivity contribution in [1.82, 2.24) is 16.0 Å². The van der Waals surface area contributed by atoms with Crippen LogP contribution in [0.1, 0.15) is 25.7 Å². The largest absolute Gasteiger partial charge is 0.481 e. The van der Waals surface area contributed by atoms with Gasteiger partial charge in [-0.05, 0) is 6.42 Å². The number of hydrogen-bond donors (Lipinski definition) is 9. The van der Waals surface area contributed by atoms with Gasteiger partial charge in [-0.2, -0.15) is 0 Å². The molecule has 0 heterocycles. The number of hydrogen-bond acceptors (Lipinski definition) is 9. The molecule has 0 saturated heterocycles. The van der Waals surface area contributed by atoms with E-state index in [0.29, 0.717) is 0 Å². The van der Waals surface area contributed by atoms with Crippen molar-refractivity contribution in [3.8, 4) is 0 Å². The number of carbonyl (C=O) groups is 7. The zero-order valence-electron chi connectivity index (χ0n) is 16.6. The third-order valence-electron chi connectivity index (χ3n) is 3.85. The standard InChI is InChI=1S/C16H25N5O11/c17-6(3-12(26)27)13(28)19-7(1-2-11(24)25)14(29)21-9(5-22)15(30)20-8(16(31)32)4-10(18)23/h6-9,22H,1-5,17H2,(H2,18,23)(H,19,28)(H,20,30)(H,21,29)(H,24,25)(H,26,27)(H,31,32). The summed E-state index contributed by atoms with van der Waals surface area (Å²) in [6, 6.07) is -6.63. The summed E-state index contributed by atoms with van der Waals surface area (Å²) in [5.74, 6) is -8.83. The van der Waals surface area contributed by atoms with Crippen molar-refractivity contribution >= 4 is 41.5 Å². The minimum atomic E-state index is -1.75. The van der Waals surface area contributed by atoms with E-state index < -0.39 is 98.0 Å².